The van der Waals surface area contributed by atoms with Crippen LogP contribution in [0.5, 0.6) is 0 Å². The molecule has 0 atom stereocenters. The number of furan rings is 1. The van der Waals surface area contributed by atoms with Gasteiger partial charge in [-0.3, -0.25) is 4.79 Å². The van der Waals surface area contributed by atoms with Crippen molar-refractivity contribution in [3.63, 3.8) is 0 Å². The first kappa shape index (κ1) is 11.8. The molecule has 19 heavy (non-hydrogen) atoms. The molecule has 1 aliphatic heterocycles. The number of nitrogens with two attached hydrogens (primary N) is 1. The van der Waals surface area contributed by atoms with E-state index in [4.69, 9.17) is 14.6 Å². The summed E-state index contributed by atoms with van der Waals surface area (Å²) in [6, 6.07) is 3.85. The van der Waals surface area contributed by atoms with Crippen LogP contribution in [0.2, 0.25) is 0 Å². The zero-order valence-electron chi connectivity index (χ0n) is 10.7. The van der Waals surface area contributed by atoms with E-state index in [0.717, 1.165) is 17.2 Å². The lowest BCUT2D eigenvalue weighted by molar-refractivity contribution is -0.131. The molecule has 1 amide bonds. The summed E-state index contributed by atoms with van der Waals surface area (Å²) in [6.45, 7) is 2.94. The van der Waals surface area contributed by atoms with Crippen LogP contribution in [0.3, 0.4) is 0 Å². The summed E-state index contributed by atoms with van der Waals surface area (Å²) in [4.78, 5) is 18.0. The Morgan fingerprint density at radius 2 is 2.32 bits per heavy atom. The molecule has 0 spiro atoms. The summed E-state index contributed by atoms with van der Waals surface area (Å²) in [6.07, 6.45) is 0.930. The van der Waals surface area contributed by atoms with E-state index in [2.05, 4.69) is 4.98 Å². The largest absolute Gasteiger partial charge is 0.466 e. The van der Waals surface area contributed by atoms with Crippen LogP contribution in [-0.2, 0) is 24.2 Å². The molecule has 0 aliphatic carbocycles. The molecule has 2 aromatic rings. The first-order chi connectivity index (χ1) is 9.11. The Labute approximate surface area is 110 Å². The van der Waals surface area contributed by atoms with Crippen molar-refractivity contribution in [1.29, 1.82) is 0 Å². The molecule has 0 radical (unpaired) electrons. The molecule has 0 fully saturated rings. The number of aryl methyl sites for hydroxylation is 1. The van der Waals surface area contributed by atoms with E-state index < -0.39 is 0 Å². The zero-order valence-corrected chi connectivity index (χ0v) is 10.7. The fourth-order valence-electron chi connectivity index (χ4n) is 2.27. The summed E-state index contributed by atoms with van der Waals surface area (Å²) < 4.78 is 10.7. The molecule has 0 bridgehead atoms. The molecule has 3 heterocycles. The average Bonchev–Trinajstić information content (AvgIpc) is 2.93. The quantitative estimate of drug-likeness (QED) is 0.880. The van der Waals surface area contributed by atoms with Crippen molar-refractivity contribution in [3.8, 4) is 0 Å². The smallest absolute Gasteiger partial charge is 0.292 e. The third kappa shape index (κ3) is 2.33. The summed E-state index contributed by atoms with van der Waals surface area (Å²) >= 11 is 0. The first-order valence-corrected chi connectivity index (χ1v) is 6.19. The minimum Gasteiger partial charge on any atom is -0.466 e. The fourth-order valence-corrected chi connectivity index (χ4v) is 2.27. The number of nitrogen functional groups attached to an aromatic ring is 1. The van der Waals surface area contributed by atoms with Crippen LogP contribution in [0.4, 0.5) is 6.01 Å². The van der Waals surface area contributed by atoms with E-state index in [9.17, 15) is 4.79 Å². The maximum Gasteiger partial charge on any atom is 0.292 e. The number of carbonyl (C=O) groups is 1. The van der Waals surface area contributed by atoms with Crippen LogP contribution in [0, 0.1) is 6.92 Å². The van der Waals surface area contributed by atoms with Crippen LogP contribution in [-0.4, -0.2) is 22.3 Å². The van der Waals surface area contributed by atoms with Gasteiger partial charge in [0.15, 0.2) is 0 Å². The van der Waals surface area contributed by atoms with Crippen LogP contribution < -0.4 is 5.73 Å². The molecule has 100 valence electrons. The van der Waals surface area contributed by atoms with Crippen molar-refractivity contribution >= 4 is 11.9 Å². The third-order valence-electron chi connectivity index (χ3n) is 3.22. The number of hydrogen-bond acceptors (Lipinski definition) is 5. The van der Waals surface area contributed by atoms with Gasteiger partial charge >= 0.3 is 0 Å². The Morgan fingerprint density at radius 3 is 3.05 bits per heavy atom. The first-order valence-electron chi connectivity index (χ1n) is 6.19. The number of fused-ring (bicyclic) bond motifs is 1. The van der Waals surface area contributed by atoms with Gasteiger partial charge < -0.3 is 19.5 Å². The summed E-state index contributed by atoms with van der Waals surface area (Å²) in [5.74, 6) is 2.32. The summed E-state index contributed by atoms with van der Waals surface area (Å²) in [7, 11) is 0. The maximum absolute atomic E-state index is 12.2. The van der Waals surface area contributed by atoms with E-state index in [1.54, 1.807) is 4.90 Å². The van der Waals surface area contributed by atoms with Crippen LogP contribution in [0.1, 0.15) is 23.0 Å². The highest BCUT2D eigenvalue weighted by Crippen LogP contribution is 2.21. The van der Waals surface area contributed by atoms with Gasteiger partial charge in [-0.05, 0) is 19.1 Å². The lowest BCUT2D eigenvalue weighted by Gasteiger charge is -2.24. The molecule has 2 N–H and O–H groups in total. The monoisotopic (exact) mass is 261 g/mol. The minimum atomic E-state index is 0.0292. The SMILES string of the molecule is Cc1ccc(CC(=O)N2CCc3oc(N)nc3C2)o1. The lowest BCUT2D eigenvalue weighted by atomic mass is 10.1. The number of amides is 1. The Bertz CT molecular complexity index is 614. The van der Waals surface area contributed by atoms with Crippen molar-refractivity contribution in [3.05, 3.63) is 35.1 Å². The predicted molar refractivity (Wildman–Crippen MR) is 67.2 cm³/mol. The van der Waals surface area contributed by atoms with Gasteiger partial charge in [-0.25, -0.2) is 0 Å². The van der Waals surface area contributed by atoms with Crippen molar-refractivity contribution < 1.29 is 13.6 Å². The van der Waals surface area contributed by atoms with Gasteiger partial charge in [0.25, 0.3) is 6.01 Å². The summed E-state index contributed by atoms with van der Waals surface area (Å²) in [5.41, 5.74) is 6.27. The molecule has 3 rings (SSSR count). The molecule has 0 unspecified atom stereocenters. The Morgan fingerprint density at radius 1 is 1.47 bits per heavy atom. The van der Waals surface area contributed by atoms with Crippen molar-refractivity contribution in [1.82, 2.24) is 9.88 Å². The number of rotatable bonds is 2. The number of nitrogens with zero attached hydrogens (tertiary/aromatic N) is 2. The number of oxazole rings is 1. The van der Waals surface area contributed by atoms with Gasteiger partial charge in [0.1, 0.15) is 23.0 Å². The fraction of sp³-hybridized carbons (Fsp3) is 0.385. The van der Waals surface area contributed by atoms with Gasteiger partial charge in [-0.1, -0.05) is 0 Å². The van der Waals surface area contributed by atoms with Crippen molar-refractivity contribution in [2.75, 3.05) is 12.3 Å². The second kappa shape index (κ2) is 4.46. The third-order valence-corrected chi connectivity index (χ3v) is 3.22. The van der Waals surface area contributed by atoms with E-state index in [1.165, 1.54) is 0 Å². The number of anilines is 1. The number of aromatic nitrogens is 1. The molecular weight excluding hydrogens is 246 g/mol. The van der Waals surface area contributed by atoms with Crippen LogP contribution in [0.25, 0.3) is 0 Å². The maximum atomic E-state index is 12.2. The summed E-state index contributed by atoms with van der Waals surface area (Å²) in [5, 5.41) is 0. The normalized spacial score (nSPS) is 14.5. The molecule has 6 nitrogen and oxygen atoms in total. The molecule has 0 aromatic carbocycles. The van der Waals surface area contributed by atoms with Gasteiger partial charge in [0, 0.05) is 13.0 Å². The van der Waals surface area contributed by atoms with Crippen LogP contribution in [0.15, 0.2) is 21.0 Å². The van der Waals surface area contributed by atoms with Crippen molar-refractivity contribution in [2.45, 2.75) is 26.3 Å². The molecule has 0 saturated heterocycles. The van der Waals surface area contributed by atoms with E-state index in [1.807, 2.05) is 19.1 Å². The van der Waals surface area contributed by atoms with Gasteiger partial charge in [0.05, 0.1) is 13.0 Å². The highest BCUT2D eigenvalue weighted by atomic mass is 16.4. The Kier molecular flexibility index (Phi) is 2.77. The molecule has 0 saturated carbocycles. The second-order valence-electron chi connectivity index (χ2n) is 4.68. The Hall–Kier alpha value is -2.24. The highest BCUT2D eigenvalue weighted by Gasteiger charge is 2.25. The topological polar surface area (TPSA) is 85.5 Å². The number of carbonyl (C=O) groups excluding carboxylic acids is 1. The van der Waals surface area contributed by atoms with E-state index >= 15 is 0 Å². The van der Waals surface area contributed by atoms with Gasteiger partial charge in [-0.2, -0.15) is 4.98 Å². The van der Waals surface area contributed by atoms with E-state index in [0.29, 0.717) is 25.3 Å². The van der Waals surface area contributed by atoms with E-state index in [-0.39, 0.29) is 18.3 Å². The van der Waals surface area contributed by atoms with Gasteiger partial charge in [0.2, 0.25) is 5.91 Å². The lowest BCUT2D eigenvalue weighted by Crippen LogP contribution is -2.36. The predicted octanol–water partition coefficient (Wildman–Crippen LogP) is 1.29. The Balaban J connectivity index is 1.69. The highest BCUT2D eigenvalue weighted by molar-refractivity contribution is 5.78. The van der Waals surface area contributed by atoms with Crippen molar-refractivity contribution in [2.24, 2.45) is 0 Å². The molecule has 1 aliphatic rings. The minimum absolute atomic E-state index is 0.0292. The molecule has 6 heteroatoms. The molecule has 2 aromatic heterocycles. The molecular formula is C13H15N3O3. The second-order valence-corrected chi connectivity index (χ2v) is 4.68. The van der Waals surface area contributed by atoms with Crippen LogP contribution >= 0.6 is 0 Å². The zero-order chi connectivity index (χ0) is 13.4. The van der Waals surface area contributed by atoms with Gasteiger partial charge in [-0.15, -0.1) is 0 Å². The average molecular weight is 261 g/mol. The standard InChI is InChI=1S/C13H15N3O3/c1-8-2-3-9(18-8)6-12(17)16-5-4-11-10(7-16)15-13(14)19-11/h2-3H,4-7H2,1H3,(H2,14,15). The number of hydrogen-bond donors (Lipinski definition) is 1.